The Morgan fingerprint density at radius 2 is 1.79 bits per heavy atom. The summed E-state index contributed by atoms with van der Waals surface area (Å²) < 4.78 is 1.55. The molecule has 128 valence electrons. The van der Waals surface area contributed by atoms with Crippen LogP contribution in [0.25, 0.3) is 11.0 Å². The fourth-order valence-electron chi connectivity index (χ4n) is 4.09. The number of fused-ring (bicyclic) bond motifs is 1. The topological polar surface area (TPSA) is 61.3 Å². The summed E-state index contributed by atoms with van der Waals surface area (Å²) in [6.45, 7) is 4.15. The lowest BCUT2D eigenvalue weighted by Gasteiger charge is -2.36. The summed E-state index contributed by atoms with van der Waals surface area (Å²) in [5, 5.41) is 0. The molecular weight excluding hydrogens is 304 g/mol. The molecule has 0 atom stereocenters. The van der Waals surface area contributed by atoms with Crippen molar-refractivity contribution in [1.82, 2.24) is 19.4 Å². The molecule has 1 aromatic carbocycles. The van der Waals surface area contributed by atoms with Crippen LogP contribution in [0.2, 0.25) is 0 Å². The monoisotopic (exact) mass is 328 g/mol. The van der Waals surface area contributed by atoms with Gasteiger partial charge in [-0.3, -0.25) is 9.36 Å². The predicted octanol–water partition coefficient (Wildman–Crippen LogP) is 1.42. The van der Waals surface area contributed by atoms with Gasteiger partial charge in [0.05, 0.1) is 11.0 Å². The number of piperidine rings is 1. The van der Waals surface area contributed by atoms with E-state index in [4.69, 9.17) is 0 Å². The quantitative estimate of drug-likeness (QED) is 0.927. The average Bonchev–Trinajstić information content (AvgIpc) is 3.24. The molecule has 3 heterocycles. The third-order valence-electron chi connectivity index (χ3n) is 5.45. The highest BCUT2D eigenvalue weighted by atomic mass is 16.2. The van der Waals surface area contributed by atoms with E-state index in [1.54, 1.807) is 4.57 Å². The van der Waals surface area contributed by atoms with Gasteiger partial charge in [-0.1, -0.05) is 12.1 Å². The number of imidazole rings is 1. The molecular formula is C18H24N4O2. The molecule has 0 saturated carbocycles. The van der Waals surface area contributed by atoms with Crippen molar-refractivity contribution in [3.8, 4) is 0 Å². The highest BCUT2D eigenvalue weighted by molar-refractivity contribution is 5.80. The van der Waals surface area contributed by atoms with Crippen molar-refractivity contribution in [1.29, 1.82) is 0 Å². The first-order valence-corrected chi connectivity index (χ1v) is 8.92. The number of carbonyl (C=O) groups is 1. The molecule has 0 unspecified atom stereocenters. The van der Waals surface area contributed by atoms with Gasteiger partial charge < -0.3 is 14.8 Å². The standard InChI is InChI=1S/C18H24N4O2/c23-17(13-22-16-6-2-1-5-15(16)19-18(22)24)21-11-7-14(8-12-21)20-9-3-4-10-20/h1-2,5-6,14H,3-4,7-13H2,(H,19,24). The second-order valence-electron chi connectivity index (χ2n) is 6.89. The van der Waals surface area contributed by atoms with Crippen LogP contribution in [-0.4, -0.2) is 57.5 Å². The lowest BCUT2D eigenvalue weighted by Crippen LogP contribution is -2.47. The summed E-state index contributed by atoms with van der Waals surface area (Å²) in [6.07, 6.45) is 4.72. The van der Waals surface area contributed by atoms with Crippen LogP contribution in [-0.2, 0) is 11.3 Å². The second kappa shape index (κ2) is 6.43. The third kappa shape index (κ3) is 2.86. The Labute approximate surface area is 141 Å². The van der Waals surface area contributed by atoms with Crippen molar-refractivity contribution in [2.45, 2.75) is 38.3 Å². The number of amides is 1. The Hall–Kier alpha value is -2.08. The minimum atomic E-state index is -0.212. The van der Waals surface area contributed by atoms with Gasteiger partial charge in [-0.15, -0.1) is 0 Å². The number of aromatic nitrogens is 2. The van der Waals surface area contributed by atoms with Gasteiger partial charge in [0, 0.05) is 19.1 Å². The summed E-state index contributed by atoms with van der Waals surface area (Å²) in [7, 11) is 0. The number of H-pyrrole nitrogens is 1. The fraction of sp³-hybridized carbons (Fsp3) is 0.556. The molecule has 0 spiro atoms. The van der Waals surface area contributed by atoms with Crippen LogP contribution in [0.15, 0.2) is 29.1 Å². The molecule has 2 fully saturated rings. The van der Waals surface area contributed by atoms with Crippen molar-refractivity contribution < 1.29 is 4.79 Å². The maximum atomic E-state index is 12.6. The number of para-hydroxylation sites is 2. The molecule has 1 N–H and O–H groups in total. The summed E-state index contributed by atoms with van der Waals surface area (Å²) >= 11 is 0. The Bertz CT molecular complexity index is 780. The summed E-state index contributed by atoms with van der Waals surface area (Å²) in [6, 6.07) is 8.14. The normalized spacial score (nSPS) is 20.1. The zero-order chi connectivity index (χ0) is 16.5. The van der Waals surface area contributed by atoms with Crippen molar-refractivity contribution in [2.75, 3.05) is 26.2 Å². The van der Waals surface area contributed by atoms with E-state index >= 15 is 0 Å². The molecule has 0 bridgehead atoms. The summed E-state index contributed by atoms with van der Waals surface area (Å²) in [5.41, 5.74) is 1.36. The maximum Gasteiger partial charge on any atom is 0.326 e. The van der Waals surface area contributed by atoms with Crippen LogP contribution < -0.4 is 5.69 Å². The van der Waals surface area contributed by atoms with Gasteiger partial charge in [0.2, 0.25) is 5.91 Å². The minimum Gasteiger partial charge on any atom is -0.341 e. The van der Waals surface area contributed by atoms with Crippen molar-refractivity contribution in [2.24, 2.45) is 0 Å². The molecule has 0 aliphatic carbocycles. The Kier molecular flexibility index (Phi) is 4.14. The Morgan fingerprint density at radius 3 is 2.54 bits per heavy atom. The van der Waals surface area contributed by atoms with Crippen LogP contribution >= 0.6 is 0 Å². The van der Waals surface area contributed by atoms with Crippen molar-refractivity contribution in [3.63, 3.8) is 0 Å². The van der Waals surface area contributed by atoms with Gasteiger partial charge in [0.15, 0.2) is 0 Å². The first-order chi connectivity index (χ1) is 11.7. The highest BCUT2D eigenvalue weighted by Crippen LogP contribution is 2.21. The van der Waals surface area contributed by atoms with E-state index in [0.717, 1.165) is 37.0 Å². The second-order valence-corrected chi connectivity index (χ2v) is 6.89. The first-order valence-electron chi connectivity index (χ1n) is 8.92. The summed E-state index contributed by atoms with van der Waals surface area (Å²) in [4.78, 5) is 32.0. The van der Waals surface area contributed by atoms with Gasteiger partial charge >= 0.3 is 5.69 Å². The Morgan fingerprint density at radius 1 is 1.08 bits per heavy atom. The number of likely N-dealkylation sites (tertiary alicyclic amines) is 2. The first kappa shape index (κ1) is 15.4. The molecule has 6 nitrogen and oxygen atoms in total. The van der Waals surface area contributed by atoms with E-state index in [-0.39, 0.29) is 18.1 Å². The predicted molar refractivity (Wildman–Crippen MR) is 93.0 cm³/mol. The van der Waals surface area contributed by atoms with Crippen LogP contribution in [0, 0.1) is 0 Å². The van der Waals surface area contributed by atoms with Crippen LogP contribution in [0.3, 0.4) is 0 Å². The van der Waals surface area contributed by atoms with E-state index in [1.165, 1.54) is 25.9 Å². The van der Waals surface area contributed by atoms with E-state index in [9.17, 15) is 9.59 Å². The largest absolute Gasteiger partial charge is 0.341 e. The molecule has 0 radical (unpaired) electrons. The molecule has 1 amide bonds. The molecule has 24 heavy (non-hydrogen) atoms. The Balaban J connectivity index is 1.41. The van der Waals surface area contributed by atoms with Gasteiger partial charge in [-0.25, -0.2) is 4.79 Å². The van der Waals surface area contributed by atoms with Crippen LogP contribution in [0.5, 0.6) is 0 Å². The zero-order valence-corrected chi connectivity index (χ0v) is 13.9. The molecule has 1 aromatic heterocycles. The maximum absolute atomic E-state index is 12.6. The number of carbonyl (C=O) groups excluding carboxylic acids is 1. The molecule has 2 aromatic rings. The molecule has 2 aliphatic rings. The van der Waals surface area contributed by atoms with E-state index in [0.29, 0.717) is 6.04 Å². The lowest BCUT2D eigenvalue weighted by atomic mass is 10.0. The van der Waals surface area contributed by atoms with Crippen LogP contribution in [0.4, 0.5) is 0 Å². The number of nitrogens with zero attached hydrogens (tertiary/aromatic N) is 3. The number of hydrogen-bond acceptors (Lipinski definition) is 3. The van der Waals surface area contributed by atoms with Crippen molar-refractivity contribution in [3.05, 3.63) is 34.7 Å². The van der Waals surface area contributed by atoms with Gasteiger partial charge in [0.25, 0.3) is 0 Å². The lowest BCUT2D eigenvalue weighted by molar-refractivity contribution is -0.133. The number of benzene rings is 1. The number of nitrogens with one attached hydrogen (secondary N) is 1. The molecule has 6 heteroatoms. The fourth-order valence-corrected chi connectivity index (χ4v) is 4.09. The van der Waals surface area contributed by atoms with E-state index in [1.807, 2.05) is 29.2 Å². The number of rotatable bonds is 3. The highest BCUT2D eigenvalue weighted by Gasteiger charge is 2.28. The van der Waals surface area contributed by atoms with Crippen molar-refractivity contribution >= 4 is 16.9 Å². The van der Waals surface area contributed by atoms with E-state index in [2.05, 4.69) is 9.88 Å². The smallest absolute Gasteiger partial charge is 0.326 e. The van der Waals surface area contributed by atoms with Gasteiger partial charge in [-0.05, 0) is 50.9 Å². The van der Waals surface area contributed by atoms with Gasteiger partial charge in [0.1, 0.15) is 6.54 Å². The average molecular weight is 328 g/mol. The molecule has 4 rings (SSSR count). The molecule has 2 aliphatic heterocycles. The number of aromatic amines is 1. The SMILES string of the molecule is O=C(Cn1c(=O)[nH]c2ccccc21)N1CCC(N2CCCC2)CC1. The minimum absolute atomic E-state index is 0.0433. The summed E-state index contributed by atoms with van der Waals surface area (Å²) in [5.74, 6) is 0.0433. The zero-order valence-electron chi connectivity index (χ0n) is 13.9. The third-order valence-corrected chi connectivity index (χ3v) is 5.45. The number of hydrogen-bond donors (Lipinski definition) is 1. The van der Waals surface area contributed by atoms with E-state index < -0.39 is 0 Å². The molecule has 2 saturated heterocycles. The van der Waals surface area contributed by atoms with Gasteiger partial charge in [-0.2, -0.15) is 0 Å². The van der Waals surface area contributed by atoms with Crippen LogP contribution in [0.1, 0.15) is 25.7 Å².